The Morgan fingerprint density at radius 1 is 1.16 bits per heavy atom. The maximum Gasteiger partial charge on any atom is 0.265 e. The van der Waals surface area contributed by atoms with E-state index in [2.05, 4.69) is 62.5 Å². The Bertz CT molecular complexity index is 694. The molecule has 0 aliphatic heterocycles. The predicted octanol–water partition coefficient (Wildman–Crippen LogP) is 4.75. The third-order valence-corrected chi connectivity index (χ3v) is 4.78. The number of nitrogens with one attached hydrogen (secondary N) is 2. The lowest BCUT2D eigenvalue weighted by Gasteiger charge is -2.39. The van der Waals surface area contributed by atoms with Crippen molar-refractivity contribution in [2.24, 2.45) is 5.92 Å². The molecule has 2 atom stereocenters. The van der Waals surface area contributed by atoms with Gasteiger partial charge in [-0.3, -0.25) is 10.2 Å². The lowest BCUT2D eigenvalue weighted by molar-refractivity contribution is 0.0879. The first kappa shape index (κ1) is 18.9. The summed E-state index contributed by atoms with van der Waals surface area (Å²) < 4.78 is 0. The normalized spacial score (nSPS) is 14.4. The lowest BCUT2D eigenvalue weighted by Crippen LogP contribution is -2.55. The molecule has 0 radical (unpaired) electrons. The first-order valence-electron chi connectivity index (χ1n) is 8.85. The van der Waals surface area contributed by atoms with Gasteiger partial charge in [0.25, 0.3) is 5.91 Å². The third kappa shape index (κ3) is 4.37. The van der Waals surface area contributed by atoms with Crippen molar-refractivity contribution in [3.8, 4) is 0 Å². The van der Waals surface area contributed by atoms with Crippen molar-refractivity contribution >= 4 is 5.91 Å². The highest BCUT2D eigenvalue weighted by molar-refractivity contribution is 5.93. The maximum atomic E-state index is 12.5. The summed E-state index contributed by atoms with van der Waals surface area (Å²) in [5, 5.41) is 0. The molecule has 0 saturated heterocycles. The number of hydrogen-bond donors (Lipinski definition) is 2. The van der Waals surface area contributed by atoms with Gasteiger partial charge in [-0.25, -0.2) is 5.43 Å². The average molecular weight is 336 g/mol. The van der Waals surface area contributed by atoms with Crippen LogP contribution in [0.3, 0.4) is 0 Å². The molecule has 3 heteroatoms. The minimum atomic E-state index is -0.394. The molecule has 132 valence electrons. The van der Waals surface area contributed by atoms with E-state index >= 15 is 0 Å². The highest BCUT2D eigenvalue weighted by Gasteiger charge is 2.36. The molecule has 25 heavy (non-hydrogen) atoms. The summed E-state index contributed by atoms with van der Waals surface area (Å²) >= 11 is 0. The minimum Gasteiger partial charge on any atom is -0.287 e. The molecule has 2 aromatic carbocycles. The van der Waals surface area contributed by atoms with Crippen LogP contribution in [0.1, 0.15) is 48.2 Å². The van der Waals surface area contributed by atoms with Crippen molar-refractivity contribution in [2.75, 3.05) is 0 Å². The molecular formula is C22H28N2O. The second kappa shape index (κ2) is 8.63. The van der Waals surface area contributed by atoms with Gasteiger partial charge in [0.15, 0.2) is 0 Å². The van der Waals surface area contributed by atoms with Crippen LogP contribution in [-0.4, -0.2) is 5.91 Å². The van der Waals surface area contributed by atoms with Gasteiger partial charge in [0.2, 0.25) is 0 Å². The second-order valence-corrected chi connectivity index (χ2v) is 6.56. The van der Waals surface area contributed by atoms with Crippen LogP contribution in [0.15, 0.2) is 67.3 Å². The lowest BCUT2D eigenvalue weighted by atomic mass is 9.76. The molecule has 2 aromatic rings. The van der Waals surface area contributed by atoms with Gasteiger partial charge in [0, 0.05) is 5.56 Å². The zero-order valence-corrected chi connectivity index (χ0v) is 15.4. The zero-order valence-electron chi connectivity index (χ0n) is 15.4. The van der Waals surface area contributed by atoms with Crippen LogP contribution in [0.2, 0.25) is 0 Å². The van der Waals surface area contributed by atoms with E-state index < -0.39 is 5.54 Å². The minimum absolute atomic E-state index is 0.135. The van der Waals surface area contributed by atoms with Gasteiger partial charge in [0.1, 0.15) is 0 Å². The van der Waals surface area contributed by atoms with E-state index in [9.17, 15) is 4.79 Å². The number of hydrogen-bond acceptors (Lipinski definition) is 2. The smallest absolute Gasteiger partial charge is 0.265 e. The van der Waals surface area contributed by atoms with Crippen LogP contribution in [-0.2, 0) is 5.54 Å². The van der Waals surface area contributed by atoms with Gasteiger partial charge < -0.3 is 0 Å². The Labute approximate surface area is 151 Å². The average Bonchev–Trinajstić information content (AvgIpc) is 2.65. The number of aryl methyl sites for hydroxylation is 1. The largest absolute Gasteiger partial charge is 0.287 e. The van der Waals surface area contributed by atoms with Crippen LogP contribution in [0.5, 0.6) is 0 Å². The van der Waals surface area contributed by atoms with Crippen molar-refractivity contribution in [3.05, 3.63) is 83.9 Å². The Balaban J connectivity index is 2.31. The quantitative estimate of drug-likeness (QED) is 0.540. The molecule has 1 amide bonds. The molecule has 2 N–H and O–H groups in total. The summed E-state index contributed by atoms with van der Waals surface area (Å²) in [6, 6.07) is 17.7. The maximum absolute atomic E-state index is 12.5. The number of carbonyl (C=O) groups is 1. The van der Waals surface area contributed by atoms with E-state index in [4.69, 9.17) is 0 Å². The molecule has 0 aliphatic rings. The zero-order chi connectivity index (χ0) is 18.3. The Hall–Kier alpha value is -2.39. The summed E-state index contributed by atoms with van der Waals surface area (Å²) in [6.45, 7) is 10.3. The van der Waals surface area contributed by atoms with E-state index in [-0.39, 0.29) is 11.8 Å². The van der Waals surface area contributed by atoms with Crippen LogP contribution < -0.4 is 10.9 Å². The fraction of sp³-hybridized carbons (Fsp3) is 0.318. The van der Waals surface area contributed by atoms with Crippen molar-refractivity contribution in [1.29, 1.82) is 0 Å². The van der Waals surface area contributed by atoms with Gasteiger partial charge in [-0.2, -0.15) is 0 Å². The van der Waals surface area contributed by atoms with Crippen LogP contribution in [0, 0.1) is 12.8 Å². The van der Waals surface area contributed by atoms with Gasteiger partial charge in [-0.15, -0.1) is 6.58 Å². The van der Waals surface area contributed by atoms with Gasteiger partial charge in [-0.1, -0.05) is 74.4 Å². The number of amides is 1. The SMILES string of the molecule is C=C[C@H](C)[C@@](CCC)(NNC(=O)c1ccccc1)c1ccc(C)cc1. The van der Waals surface area contributed by atoms with E-state index in [1.807, 2.05) is 24.3 Å². The second-order valence-electron chi connectivity index (χ2n) is 6.56. The number of rotatable bonds is 8. The Morgan fingerprint density at radius 3 is 2.36 bits per heavy atom. The third-order valence-electron chi connectivity index (χ3n) is 4.78. The van der Waals surface area contributed by atoms with Crippen LogP contribution in [0.4, 0.5) is 0 Å². The van der Waals surface area contributed by atoms with Crippen molar-refractivity contribution in [1.82, 2.24) is 10.9 Å². The number of carbonyl (C=O) groups excluding carboxylic acids is 1. The summed E-state index contributed by atoms with van der Waals surface area (Å²) in [6.07, 6.45) is 3.82. The van der Waals surface area contributed by atoms with Gasteiger partial charge >= 0.3 is 0 Å². The Morgan fingerprint density at radius 2 is 1.80 bits per heavy atom. The monoisotopic (exact) mass is 336 g/mol. The van der Waals surface area contributed by atoms with E-state index in [0.717, 1.165) is 18.4 Å². The first-order valence-corrected chi connectivity index (χ1v) is 8.85. The number of hydrazine groups is 1. The topological polar surface area (TPSA) is 41.1 Å². The predicted molar refractivity (Wildman–Crippen MR) is 104 cm³/mol. The molecule has 0 aliphatic carbocycles. The Kier molecular flexibility index (Phi) is 6.54. The highest BCUT2D eigenvalue weighted by Crippen LogP contribution is 2.35. The van der Waals surface area contributed by atoms with E-state index in [1.165, 1.54) is 5.56 Å². The molecule has 2 rings (SSSR count). The van der Waals surface area contributed by atoms with Gasteiger partial charge in [-0.05, 0) is 37.0 Å². The molecule has 0 aromatic heterocycles. The van der Waals surface area contributed by atoms with Crippen LogP contribution >= 0.6 is 0 Å². The number of benzene rings is 2. The highest BCUT2D eigenvalue weighted by atomic mass is 16.2. The van der Waals surface area contributed by atoms with Gasteiger partial charge in [0.05, 0.1) is 5.54 Å². The van der Waals surface area contributed by atoms with Crippen LogP contribution in [0.25, 0.3) is 0 Å². The van der Waals surface area contributed by atoms with E-state index in [1.54, 1.807) is 12.1 Å². The molecular weight excluding hydrogens is 308 g/mol. The summed E-state index contributed by atoms with van der Waals surface area (Å²) in [5.41, 5.74) is 8.87. The van der Waals surface area contributed by atoms with Crippen molar-refractivity contribution in [2.45, 2.75) is 39.2 Å². The standard InChI is InChI=1S/C22H28N2O/c1-5-16-22(18(4)6-2,20-14-12-17(3)13-15-20)24-23-21(25)19-10-8-7-9-11-19/h6-15,18,24H,2,5,16H2,1,3-4H3,(H,23,25)/t18-,22+/m0/s1. The first-order chi connectivity index (χ1) is 12.0. The van der Waals surface area contributed by atoms with Crippen molar-refractivity contribution < 1.29 is 4.79 Å². The molecule has 0 bridgehead atoms. The molecule has 0 heterocycles. The summed E-state index contributed by atoms with van der Waals surface area (Å²) in [5.74, 6) is 0.00989. The summed E-state index contributed by atoms with van der Waals surface area (Å²) in [4.78, 5) is 12.5. The molecule has 0 unspecified atom stereocenters. The fourth-order valence-electron chi connectivity index (χ4n) is 3.16. The molecule has 0 fully saturated rings. The summed E-state index contributed by atoms with van der Waals surface area (Å²) in [7, 11) is 0. The molecule has 0 saturated carbocycles. The van der Waals surface area contributed by atoms with E-state index in [0.29, 0.717) is 5.56 Å². The molecule has 0 spiro atoms. The van der Waals surface area contributed by atoms with Crippen molar-refractivity contribution in [3.63, 3.8) is 0 Å². The fourth-order valence-corrected chi connectivity index (χ4v) is 3.16. The molecule has 3 nitrogen and oxygen atoms in total.